The monoisotopic (exact) mass is 464 g/mol. The SMILES string of the molecule is CSCCN1C(C(=O)Nc2ccc(F)c(Cl)c2)CC(c2nccs2)NS1(=O)=O. The van der Waals surface area contributed by atoms with Crippen LogP contribution < -0.4 is 10.0 Å². The van der Waals surface area contributed by atoms with Gasteiger partial charge in [-0.2, -0.15) is 29.2 Å². The van der Waals surface area contributed by atoms with Crippen LogP contribution in [-0.2, 0) is 15.0 Å². The van der Waals surface area contributed by atoms with E-state index in [-0.39, 0.29) is 18.0 Å². The third kappa shape index (κ3) is 4.84. The summed E-state index contributed by atoms with van der Waals surface area (Å²) in [4.78, 5) is 17.1. The second-order valence-corrected chi connectivity index (χ2v) is 9.99. The van der Waals surface area contributed by atoms with Crippen molar-refractivity contribution in [3.05, 3.63) is 45.6 Å². The summed E-state index contributed by atoms with van der Waals surface area (Å²) in [7, 11) is -3.88. The Labute approximate surface area is 175 Å². The molecule has 0 bridgehead atoms. The fourth-order valence-corrected chi connectivity index (χ4v) is 5.86. The molecule has 1 aliphatic rings. The molecular weight excluding hydrogens is 447 g/mol. The lowest BCUT2D eigenvalue weighted by Crippen LogP contribution is -2.58. The number of thiazole rings is 1. The lowest BCUT2D eigenvalue weighted by Gasteiger charge is -2.37. The second kappa shape index (κ2) is 9.06. The molecule has 1 saturated heterocycles. The minimum absolute atomic E-state index is 0.129. The van der Waals surface area contributed by atoms with Gasteiger partial charge < -0.3 is 5.32 Å². The van der Waals surface area contributed by atoms with Gasteiger partial charge in [0.05, 0.1) is 11.1 Å². The van der Waals surface area contributed by atoms with Crippen molar-refractivity contribution in [2.24, 2.45) is 0 Å². The molecule has 0 spiro atoms. The first-order valence-electron chi connectivity index (χ1n) is 8.25. The normalized spacial score (nSPS) is 22.1. The predicted octanol–water partition coefficient (Wildman–Crippen LogP) is 2.89. The molecule has 0 radical (unpaired) electrons. The highest BCUT2D eigenvalue weighted by Gasteiger charge is 2.43. The molecular formula is C16H18ClFN4O3S3. The smallest absolute Gasteiger partial charge is 0.280 e. The van der Waals surface area contributed by atoms with Gasteiger partial charge in [-0.3, -0.25) is 4.79 Å². The molecule has 2 unspecified atom stereocenters. The van der Waals surface area contributed by atoms with E-state index in [1.807, 2.05) is 6.26 Å². The second-order valence-electron chi connectivity index (χ2n) is 6.02. The molecule has 1 aliphatic heterocycles. The van der Waals surface area contributed by atoms with Crippen molar-refractivity contribution in [2.45, 2.75) is 18.5 Å². The van der Waals surface area contributed by atoms with Gasteiger partial charge in [0.1, 0.15) is 16.9 Å². The van der Waals surface area contributed by atoms with Gasteiger partial charge >= 0.3 is 0 Å². The van der Waals surface area contributed by atoms with Crippen LogP contribution in [0.2, 0.25) is 5.02 Å². The van der Waals surface area contributed by atoms with E-state index in [1.54, 1.807) is 11.6 Å². The Hall–Kier alpha value is -1.24. The number of halogens is 2. The molecule has 2 N–H and O–H groups in total. The lowest BCUT2D eigenvalue weighted by molar-refractivity contribution is -0.120. The van der Waals surface area contributed by atoms with Crippen LogP contribution in [-0.4, -0.2) is 48.2 Å². The van der Waals surface area contributed by atoms with E-state index in [2.05, 4.69) is 15.0 Å². The van der Waals surface area contributed by atoms with Crippen LogP contribution in [0, 0.1) is 5.82 Å². The molecule has 3 rings (SSSR count). The van der Waals surface area contributed by atoms with Gasteiger partial charge in [-0.15, -0.1) is 11.3 Å². The maximum absolute atomic E-state index is 13.4. The van der Waals surface area contributed by atoms with Crippen molar-refractivity contribution >= 4 is 56.5 Å². The molecule has 28 heavy (non-hydrogen) atoms. The van der Waals surface area contributed by atoms with E-state index in [4.69, 9.17) is 11.6 Å². The van der Waals surface area contributed by atoms with Crippen molar-refractivity contribution in [1.29, 1.82) is 0 Å². The molecule has 0 saturated carbocycles. The molecule has 2 atom stereocenters. The first-order valence-corrected chi connectivity index (χ1v) is 12.3. The molecule has 1 aromatic heterocycles. The molecule has 2 heterocycles. The van der Waals surface area contributed by atoms with E-state index in [1.165, 1.54) is 35.2 Å². The number of thioether (sulfide) groups is 1. The zero-order valence-corrected chi connectivity index (χ0v) is 18.0. The average Bonchev–Trinajstić information content (AvgIpc) is 3.17. The fourth-order valence-electron chi connectivity index (χ4n) is 2.86. The van der Waals surface area contributed by atoms with E-state index in [0.29, 0.717) is 16.4 Å². The van der Waals surface area contributed by atoms with E-state index in [9.17, 15) is 17.6 Å². The van der Waals surface area contributed by atoms with Crippen LogP contribution in [0.1, 0.15) is 17.5 Å². The number of nitrogens with one attached hydrogen (secondary N) is 2. The van der Waals surface area contributed by atoms with E-state index in [0.717, 1.165) is 10.4 Å². The highest BCUT2D eigenvalue weighted by molar-refractivity contribution is 7.98. The first-order chi connectivity index (χ1) is 13.3. The van der Waals surface area contributed by atoms with Crippen molar-refractivity contribution in [1.82, 2.24) is 14.0 Å². The number of nitrogens with zero attached hydrogens (tertiary/aromatic N) is 2. The number of hydrogen-bond donors (Lipinski definition) is 2. The van der Waals surface area contributed by atoms with Crippen molar-refractivity contribution in [2.75, 3.05) is 23.9 Å². The first kappa shape index (κ1) is 21.5. The average molecular weight is 465 g/mol. The zero-order valence-electron chi connectivity index (χ0n) is 14.8. The number of amides is 1. The van der Waals surface area contributed by atoms with Crippen LogP contribution in [0.4, 0.5) is 10.1 Å². The molecule has 1 aromatic carbocycles. The van der Waals surface area contributed by atoms with Crippen LogP contribution in [0.25, 0.3) is 0 Å². The van der Waals surface area contributed by atoms with Gasteiger partial charge in [0.15, 0.2) is 0 Å². The van der Waals surface area contributed by atoms with Gasteiger partial charge in [-0.1, -0.05) is 11.6 Å². The molecule has 7 nitrogen and oxygen atoms in total. The maximum atomic E-state index is 13.4. The van der Waals surface area contributed by atoms with Crippen LogP contribution in [0.3, 0.4) is 0 Å². The minimum atomic E-state index is -3.88. The summed E-state index contributed by atoms with van der Waals surface area (Å²) in [6.07, 6.45) is 3.67. The standard InChI is InChI=1S/C16H18ClFN4O3S3/c1-26-7-5-22-14(15(23)20-10-2-3-12(18)11(17)8-10)9-13(21-28(22,24)25)16-19-4-6-27-16/h2-4,6,8,13-14,21H,5,7,9H2,1H3,(H,20,23). The largest absolute Gasteiger partial charge is 0.325 e. The molecule has 0 aliphatic carbocycles. The Morgan fingerprint density at radius 1 is 1.54 bits per heavy atom. The zero-order chi connectivity index (χ0) is 20.3. The van der Waals surface area contributed by atoms with Gasteiger partial charge in [0, 0.05) is 29.6 Å². The summed E-state index contributed by atoms with van der Waals surface area (Å²) in [6, 6.07) is 2.27. The number of carbonyl (C=O) groups excluding carboxylic acids is 1. The number of hydrogen-bond acceptors (Lipinski definition) is 6. The van der Waals surface area contributed by atoms with Crippen molar-refractivity contribution in [3.63, 3.8) is 0 Å². The lowest BCUT2D eigenvalue weighted by atomic mass is 10.1. The number of benzene rings is 1. The molecule has 152 valence electrons. The summed E-state index contributed by atoms with van der Waals surface area (Å²) in [5, 5.41) is 4.86. The molecule has 2 aromatic rings. The minimum Gasteiger partial charge on any atom is -0.325 e. The number of aromatic nitrogens is 1. The highest BCUT2D eigenvalue weighted by Crippen LogP contribution is 2.31. The third-order valence-corrected chi connectivity index (χ3v) is 7.57. The van der Waals surface area contributed by atoms with Crippen LogP contribution >= 0.6 is 34.7 Å². The topological polar surface area (TPSA) is 91.4 Å². The van der Waals surface area contributed by atoms with Gasteiger partial charge in [-0.05, 0) is 30.9 Å². The number of carbonyl (C=O) groups is 1. The Kier molecular flexibility index (Phi) is 6.94. The summed E-state index contributed by atoms with van der Waals surface area (Å²) in [6.45, 7) is 0.184. The quantitative estimate of drug-likeness (QED) is 0.685. The fraction of sp³-hybridized carbons (Fsp3) is 0.375. The summed E-state index contributed by atoms with van der Waals surface area (Å²) in [5.41, 5.74) is 0.294. The maximum Gasteiger partial charge on any atom is 0.280 e. The summed E-state index contributed by atoms with van der Waals surface area (Å²) in [5.74, 6) is -0.570. The Bertz CT molecular complexity index is 943. The molecule has 12 heteroatoms. The third-order valence-electron chi connectivity index (χ3n) is 4.16. The van der Waals surface area contributed by atoms with Crippen LogP contribution in [0.5, 0.6) is 0 Å². The van der Waals surface area contributed by atoms with Crippen molar-refractivity contribution in [3.8, 4) is 0 Å². The summed E-state index contributed by atoms with van der Waals surface area (Å²) < 4.78 is 42.7. The summed E-state index contributed by atoms with van der Waals surface area (Å²) >= 11 is 8.56. The van der Waals surface area contributed by atoms with Gasteiger partial charge in [0.25, 0.3) is 10.2 Å². The van der Waals surface area contributed by atoms with E-state index < -0.39 is 34.0 Å². The highest BCUT2D eigenvalue weighted by atomic mass is 35.5. The Morgan fingerprint density at radius 3 is 2.96 bits per heavy atom. The predicted molar refractivity (Wildman–Crippen MR) is 110 cm³/mol. The van der Waals surface area contributed by atoms with Crippen molar-refractivity contribution < 1.29 is 17.6 Å². The van der Waals surface area contributed by atoms with Crippen LogP contribution in [0.15, 0.2) is 29.8 Å². The number of rotatable bonds is 6. The van der Waals surface area contributed by atoms with Gasteiger partial charge in [0.2, 0.25) is 5.91 Å². The molecule has 1 fully saturated rings. The molecule has 1 amide bonds. The Morgan fingerprint density at radius 2 is 2.32 bits per heavy atom. The van der Waals surface area contributed by atoms with E-state index >= 15 is 0 Å². The Balaban J connectivity index is 1.87. The number of anilines is 1. The van der Waals surface area contributed by atoms with Gasteiger partial charge in [-0.25, -0.2) is 9.37 Å².